The maximum Gasteiger partial charge on any atom is 0.352 e. The molecule has 2 aliphatic heterocycles. The highest BCUT2D eigenvalue weighted by Gasteiger charge is 2.54. The number of aliphatic carboxylic acids is 1. The molecule has 0 aliphatic carbocycles. The minimum atomic E-state index is -1.27. The summed E-state index contributed by atoms with van der Waals surface area (Å²) in [5.74, 6) is -2.43. The number of thioether (sulfide) groups is 2. The van der Waals surface area contributed by atoms with Gasteiger partial charge in [-0.05, 0) is 28.5 Å². The lowest BCUT2D eigenvalue weighted by Gasteiger charge is -2.49. The molecule has 11 nitrogen and oxygen atoms in total. The first kappa shape index (κ1) is 25.5. The van der Waals surface area contributed by atoms with E-state index in [1.165, 1.54) is 51.6 Å². The Bertz CT molecular complexity index is 1590. The number of hydrogen-bond donors (Lipinski definition) is 4. The van der Waals surface area contributed by atoms with Crippen LogP contribution >= 0.6 is 57.5 Å². The van der Waals surface area contributed by atoms with Gasteiger partial charge in [0.1, 0.15) is 22.8 Å². The van der Waals surface area contributed by atoms with Gasteiger partial charge < -0.3 is 21.4 Å². The highest BCUT2D eigenvalue weighted by molar-refractivity contribution is 8.04. The fraction of sp³-hybridized carbons (Fsp3) is 0.143. The predicted octanol–water partition coefficient (Wildman–Crippen LogP) is 2.58. The van der Waals surface area contributed by atoms with Crippen molar-refractivity contribution in [2.24, 2.45) is 5.16 Å². The summed E-state index contributed by atoms with van der Waals surface area (Å²) in [6.07, 6.45) is 1.62. The number of aromatic nitrogens is 1. The summed E-state index contributed by atoms with van der Waals surface area (Å²) in [6.45, 7) is 0. The smallest absolute Gasteiger partial charge is 0.352 e. The third-order valence-corrected chi connectivity index (χ3v) is 10.4. The summed E-state index contributed by atoms with van der Waals surface area (Å²) in [4.78, 5) is 54.8. The largest absolute Gasteiger partial charge is 0.477 e. The van der Waals surface area contributed by atoms with E-state index in [2.05, 4.69) is 15.5 Å². The first-order valence-electron chi connectivity index (χ1n) is 10.3. The zero-order valence-corrected chi connectivity index (χ0v) is 22.4. The monoisotopic (exact) mass is 593 g/mol. The third kappa shape index (κ3) is 4.77. The van der Waals surface area contributed by atoms with E-state index in [4.69, 9.17) is 5.73 Å². The minimum Gasteiger partial charge on any atom is -0.477 e. The van der Waals surface area contributed by atoms with E-state index < -0.39 is 34.9 Å². The SMILES string of the molecule is Nc1nc(C(=NO)C(=O)NC2C(=O)N3C(C(=O)O)=C(C=CSc4cc(=O)c5sccc5s4)CS[C@@H]23)cs1. The molecule has 0 radical (unpaired) electrons. The van der Waals surface area contributed by atoms with E-state index in [0.29, 0.717) is 10.3 Å². The lowest BCUT2D eigenvalue weighted by molar-refractivity contribution is -0.150. The molecule has 0 spiro atoms. The van der Waals surface area contributed by atoms with Gasteiger partial charge in [-0.15, -0.1) is 45.8 Å². The van der Waals surface area contributed by atoms with Crippen molar-refractivity contribution in [3.05, 3.63) is 61.6 Å². The minimum absolute atomic E-state index is 0.0571. The van der Waals surface area contributed by atoms with E-state index in [-0.39, 0.29) is 27.7 Å². The number of allylic oxidation sites excluding steroid dienone is 1. The van der Waals surface area contributed by atoms with Crippen LogP contribution in [0.25, 0.3) is 9.40 Å². The van der Waals surface area contributed by atoms with Crippen molar-refractivity contribution in [3.63, 3.8) is 0 Å². The van der Waals surface area contributed by atoms with Crippen LogP contribution in [0.2, 0.25) is 0 Å². The van der Waals surface area contributed by atoms with Gasteiger partial charge in [0, 0.05) is 17.2 Å². The van der Waals surface area contributed by atoms with E-state index >= 15 is 0 Å². The summed E-state index contributed by atoms with van der Waals surface area (Å²) >= 11 is 6.49. The van der Waals surface area contributed by atoms with Crippen LogP contribution in [-0.2, 0) is 14.4 Å². The van der Waals surface area contributed by atoms with Gasteiger partial charge in [-0.25, -0.2) is 9.78 Å². The number of carboxylic acids is 1. The third-order valence-electron chi connectivity index (χ3n) is 5.33. The second kappa shape index (κ2) is 10.3. The number of β-lactam (4-membered cyclic amide) rings is 1. The van der Waals surface area contributed by atoms with Crippen LogP contribution in [0.5, 0.6) is 0 Å². The van der Waals surface area contributed by atoms with Gasteiger partial charge in [0.05, 0.1) is 13.6 Å². The number of nitrogens with two attached hydrogens (primary N) is 1. The van der Waals surface area contributed by atoms with Crippen molar-refractivity contribution in [1.82, 2.24) is 15.2 Å². The van der Waals surface area contributed by atoms with Gasteiger partial charge in [0.2, 0.25) is 0 Å². The molecule has 16 heteroatoms. The van der Waals surface area contributed by atoms with Crippen molar-refractivity contribution in [2.75, 3.05) is 11.5 Å². The lowest BCUT2D eigenvalue weighted by Crippen LogP contribution is -2.71. The normalized spacial score (nSPS) is 19.8. The van der Waals surface area contributed by atoms with Crippen molar-refractivity contribution in [3.8, 4) is 0 Å². The molecule has 1 fully saturated rings. The zero-order chi connectivity index (χ0) is 26.3. The standard InChI is InChI=1S/C21H15N5O6S5/c22-21-23-9(7-36-21)13(25-32)17(28)24-14-18(29)26-15(20(30)31)8(6-35-19(14)26)1-3-33-12-5-10(27)16-11(37-12)2-4-34-16/h1-5,7,14,19,32H,6H2,(H2,22,23)(H,24,28)(H,30,31)/t14?,19-/m0/s1. The van der Waals surface area contributed by atoms with Crippen LogP contribution in [-0.4, -0.2) is 60.9 Å². The first-order valence-corrected chi connectivity index (χ1v) is 14.8. The number of rotatable bonds is 7. The van der Waals surface area contributed by atoms with Gasteiger partial charge in [0.15, 0.2) is 16.3 Å². The summed E-state index contributed by atoms with van der Waals surface area (Å²) < 4.78 is 2.36. The Morgan fingerprint density at radius 3 is 2.84 bits per heavy atom. The average Bonchev–Trinajstić information content (AvgIpc) is 3.52. The Kier molecular flexibility index (Phi) is 7.09. The molecular weight excluding hydrogens is 579 g/mol. The summed E-state index contributed by atoms with van der Waals surface area (Å²) in [5.41, 5.74) is 5.42. The number of carbonyl (C=O) groups is 3. The molecule has 3 aromatic heterocycles. The molecule has 0 saturated carbocycles. The number of carbonyl (C=O) groups excluding carboxylic acids is 2. The Morgan fingerprint density at radius 2 is 2.14 bits per heavy atom. The number of oxime groups is 1. The number of anilines is 1. The Balaban J connectivity index is 1.31. The molecular formula is C21H15N5O6S5. The molecule has 1 unspecified atom stereocenters. The molecule has 2 atom stereocenters. The quantitative estimate of drug-likeness (QED) is 0.105. The molecule has 2 amide bonds. The molecule has 37 heavy (non-hydrogen) atoms. The van der Waals surface area contributed by atoms with Crippen LogP contribution in [0.4, 0.5) is 5.13 Å². The fourth-order valence-corrected chi connectivity index (χ4v) is 8.50. The number of nitrogens with one attached hydrogen (secondary N) is 1. The van der Waals surface area contributed by atoms with E-state index in [1.54, 1.807) is 17.6 Å². The predicted molar refractivity (Wildman–Crippen MR) is 146 cm³/mol. The van der Waals surface area contributed by atoms with Crippen LogP contribution < -0.4 is 16.5 Å². The summed E-state index contributed by atoms with van der Waals surface area (Å²) in [5, 5.41) is 29.1. The lowest BCUT2D eigenvalue weighted by atomic mass is 10.0. The topological polar surface area (TPSA) is 175 Å². The first-order chi connectivity index (χ1) is 17.8. The Morgan fingerprint density at radius 1 is 1.32 bits per heavy atom. The molecule has 3 aromatic rings. The van der Waals surface area contributed by atoms with Gasteiger partial charge in [-0.1, -0.05) is 16.9 Å². The molecule has 0 aromatic carbocycles. The molecule has 5 N–H and O–H groups in total. The Labute approximate surface area is 228 Å². The highest BCUT2D eigenvalue weighted by atomic mass is 32.2. The van der Waals surface area contributed by atoms with Crippen LogP contribution in [0.15, 0.2) is 59.8 Å². The second-order valence-electron chi connectivity index (χ2n) is 7.52. The number of thiazole rings is 1. The summed E-state index contributed by atoms with van der Waals surface area (Å²) in [7, 11) is 0. The van der Waals surface area contributed by atoms with E-state index in [1.807, 2.05) is 11.4 Å². The maximum absolute atomic E-state index is 12.9. The molecule has 5 rings (SSSR count). The van der Waals surface area contributed by atoms with Crippen molar-refractivity contribution < 1.29 is 24.7 Å². The van der Waals surface area contributed by atoms with Gasteiger partial charge in [-0.2, -0.15) is 0 Å². The van der Waals surface area contributed by atoms with Crippen molar-refractivity contribution in [1.29, 1.82) is 0 Å². The van der Waals surface area contributed by atoms with Crippen molar-refractivity contribution in [2.45, 2.75) is 15.6 Å². The molecule has 2 aliphatic rings. The van der Waals surface area contributed by atoms with Gasteiger partial charge >= 0.3 is 5.97 Å². The number of hydrogen-bond acceptors (Lipinski definition) is 13. The molecule has 1 saturated heterocycles. The average molecular weight is 594 g/mol. The van der Waals surface area contributed by atoms with Gasteiger partial charge in [0.25, 0.3) is 11.8 Å². The van der Waals surface area contributed by atoms with Crippen LogP contribution in [0.1, 0.15) is 5.69 Å². The molecule has 5 heterocycles. The van der Waals surface area contributed by atoms with Crippen molar-refractivity contribution >= 4 is 95.6 Å². The number of nitrogen functional groups attached to an aromatic ring is 1. The number of thiophene rings is 1. The number of fused-ring (bicyclic) bond motifs is 2. The number of nitrogens with zero attached hydrogens (tertiary/aromatic N) is 3. The maximum atomic E-state index is 12.9. The Hall–Kier alpha value is -3.18. The van der Waals surface area contributed by atoms with Crippen LogP contribution in [0.3, 0.4) is 0 Å². The van der Waals surface area contributed by atoms with Gasteiger partial charge in [-0.3, -0.25) is 19.3 Å². The highest BCUT2D eigenvalue weighted by Crippen LogP contribution is 2.41. The zero-order valence-electron chi connectivity index (χ0n) is 18.3. The number of amides is 2. The van der Waals surface area contributed by atoms with E-state index in [0.717, 1.165) is 25.1 Å². The van der Waals surface area contributed by atoms with E-state index in [9.17, 15) is 29.5 Å². The molecule has 190 valence electrons. The second-order valence-corrected chi connectivity index (χ2v) is 12.7. The fourth-order valence-electron chi connectivity index (χ4n) is 3.70. The summed E-state index contributed by atoms with van der Waals surface area (Å²) in [6, 6.07) is 2.43. The number of carboxylic acid groups (broad SMARTS) is 1. The van der Waals surface area contributed by atoms with Crippen LogP contribution in [0, 0.1) is 0 Å². The molecule has 0 bridgehead atoms.